The van der Waals surface area contributed by atoms with Crippen LogP contribution in [-0.4, -0.2) is 30.1 Å². The van der Waals surface area contributed by atoms with Crippen LogP contribution in [0.1, 0.15) is 18.1 Å². The number of esters is 1. The Balaban J connectivity index is 1.53. The third kappa shape index (κ3) is 5.17. The summed E-state index contributed by atoms with van der Waals surface area (Å²) in [5.74, 6) is -0.369. The van der Waals surface area contributed by atoms with Gasteiger partial charge in [-0.3, -0.25) is 10.1 Å². The van der Waals surface area contributed by atoms with Gasteiger partial charge in [0.2, 0.25) is 0 Å². The van der Waals surface area contributed by atoms with Gasteiger partial charge in [-0.1, -0.05) is 35.6 Å². The van der Waals surface area contributed by atoms with Gasteiger partial charge in [0.1, 0.15) is 5.75 Å². The fourth-order valence-electron chi connectivity index (χ4n) is 2.49. The van der Waals surface area contributed by atoms with Crippen molar-refractivity contribution in [2.75, 3.05) is 18.5 Å². The number of rotatable bonds is 7. The van der Waals surface area contributed by atoms with Crippen LogP contribution in [0.25, 0.3) is 16.3 Å². The standard InChI is InChI=1S/C21H20N2O4S/c1-3-26-17-7-5-4-6-15(17)9-11-20(25)27-13-19(24)23-21-22-16-10-8-14(2)12-18(16)28-21/h4-12H,3,13H2,1-2H3,(H,22,23,24)/b11-9+. The van der Waals surface area contributed by atoms with Crippen LogP contribution in [0, 0.1) is 6.92 Å². The maximum absolute atomic E-state index is 12.0. The first-order chi connectivity index (χ1) is 13.5. The van der Waals surface area contributed by atoms with E-state index < -0.39 is 11.9 Å². The number of hydrogen-bond acceptors (Lipinski definition) is 6. The number of thiazole rings is 1. The molecule has 6 nitrogen and oxygen atoms in total. The Morgan fingerprint density at radius 2 is 2.04 bits per heavy atom. The highest BCUT2D eigenvalue weighted by Crippen LogP contribution is 2.26. The largest absolute Gasteiger partial charge is 0.493 e. The predicted octanol–water partition coefficient (Wildman–Crippen LogP) is 4.20. The van der Waals surface area contributed by atoms with E-state index in [1.807, 2.05) is 56.3 Å². The predicted molar refractivity (Wildman–Crippen MR) is 111 cm³/mol. The summed E-state index contributed by atoms with van der Waals surface area (Å²) in [6, 6.07) is 13.2. The number of para-hydroxylation sites is 1. The van der Waals surface area contributed by atoms with E-state index in [0.717, 1.165) is 21.3 Å². The molecule has 0 radical (unpaired) electrons. The van der Waals surface area contributed by atoms with Gasteiger partial charge >= 0.3 is 5.97 Å². The molecule has 144 valence electrons. The summed E-state index contributed by atoms with van der Waals surface area (Å²) in [5.41, 5.74) is 2.70. The number of nitrogens with one attached hydrogen (secondary N) is 1. The minimum absolute atomic E-state index is 0.384. The number of ether oxygens (including phenoxy) is 2. The highest BCUT2D eigenvalue weighted by atomic mass is 32.1. The Morgan fingerprint density at radius 1 is 1.21 bits per heavy atom. The van der Waals surface area contributed by atoms with E-state index in [-0.39, 0.29) is 6.61 Å². The van der Waals surface area contributed by atoms with E-state index in [1.165, 1.54) is 17.4 Å². The van der Waals surface area contributed by atoms with Gasteiger partial charge in [-0.15, -0.1) is 0 Å². The van der Waals surface area contributed by atoms with E-state index in [4.69, 9.17) is 9.47 Å². The van der Waals surface area contributed by atoms with Crippen LogP contribution in [0.5, 0.6) is 5.75 Å². The summed E-state index contributed by atoms with van der Waals surface area (Å²) in [4.78, 5) is 28.2. The summed E-state index contributed by atoms with van der Waals surface area (Å²) >= 11 is 1.38. The third-order valence-electron chi connectivity index (χ3n) is 3.75. The number of aryl methyl sites for hydroxylation is 1. The summed E-state index contributed by atoms with van der Waals surface area (Å²) < 4.78 is 11.5. The van der Waals surface area contributed by atoms with Gasteiger partial charge in [-0.2, -0.15) is 0 Å². The molecule has 0 bridgehead atoms. The van der Waals surface area contributed by atoms with Gasteiger partial charge in [0, 0.05) is 11.6 Å². The Kier molecular flexibility index (Phi) is 6.39. The van der Waals surface area contributed by atoms with Gasteiger partial charge in [0.05, 0.1) is 16.8 Å². The molecule has 0 saturated carbocycles. The van der Waals surface area contributed by atoms with Crippen molar-refractivity contribution < 1.29 is 19.1 Å². The Hall–Kier alpha value is -3.19. The van der Waals surface area contributed by atoms with Gasteiger partial charge in [0.25, 0.3) is 5.91 Å². The zero-order valence-corrected chi connectivity index (χ0v) is 16.4. The summed E-state index contributed by atoms with van der Waals surface area (Å²) in [5, 5.41) is 3.13. The van der Waals surface area contributed by atoms with Crippen molar-refractivity contribution in [1.29, 1.82) is 0 Å². The zero-order chi connectivity index (χ0) is 19.9. The lowest BCUT2D eigenvalue weighted by Crippen LogP contribution is -2.19. The van der Waals surface area contributed by atoms with Gasteiger partial charge in [-0.25, -0.2) is 9.78 Å². The topological polar surface area (TPSA) is 77.5 Å². The molecule has 1 amide bonds. The van der Waals surface area contributed by atoms with Crippen LogP contribution < -0.4 is 10.1 Å². The molecule has 0 saturated heterocycles. The molecule has 28 heavy (non-hydrogen) atoms. The van der Waals surface area contributed by atoms with Crippen LogP contribution in [0.4, 0.5) is 5.13 Å². The Morgan fingerprint density at radius 3 is 2.86 bits per heavy atom. The number of amides is 1. The summed E-state index contributed by atoms with van der Waals surface area (Å²) in [6.45, 7) is 4.03. The average Bonchev–Trinajstić information content (AvgIpc) is 3.07. The zero-order valence-electron chi connectivity index (χ0n) is 15.6. The first-order valence-electron chi connectivity index (χ1n) is 8.79. The van der Waals surface area contributed by atoms with Crippen molar-refractivity contribution in [3.63, 3.8) is 0 Å². The molecule has 3 rings (SSSR count). The normalized spacial score (nSPS) is 10.9. The maximum atomic E-state index is 12.0. The second kappa shape index (κ2) is 9.14. The second-order valence-corrected chi connectivity index (χ2v) is 6.98. The molecule has 0 unspecified atom stereocenters. The lowest BCUT2D eigenvalue weighted by molar-refractivity contribution is -0.142. The van der Waals surface area contributed by atoms with Crippen molar-refractivity contribution in [2.45, 2.75) is 13.8 Å². The van der Waals surface area contributed by atoms with Crippen LogP contribution >= 0.6 is 11.3 Å². The quantitative estimate of drug-likeness (QED) is 0.478. The Labute approximate surface area is 166 Å². The molecule has 1 N–H and O–H groups in total. The molecule has 7 heteroatoms. The number of hydrogen-bond donors (Lipinski definition) is 1. The molecule has 1 aromatic heterocycles. The molecule has 0 aliphatic rings. The minimum Gasteiger partial charge on any atom is -0.493 e. The molecule has 1 heterocycles. The number of anilines is 1. The molecule has 0 aliphatic carbocycles. The SMILES string of the molecule is CCOc1ccccc1/C=C/C(=O)OCC(=O)Nc1nc2ccc(C)cc2s1. The minimum atomic E-state index is -0.610. The first-order valence-corrected chi connectivity index (χ1v) is 9.60. The van der Waals surface area contributed by atoms with E-state index in [2.05, 4.69) is 10.3 Å². The lowest BCUT2D eigenvalue weighted by Gasteiger charge is -2.06. The Bertz CT molecular complexity index is 1030. The average molecular weight is 396 g/mol. The number of carbonyl (C=O) groups excluding carboxylic acids is 2. The molecular weight excluding hydrogens is 376 g/mol. The summed E-state index contributed by atoms with van der Waals surface area (Å²) in [7, 11) is 0. The van der Waals surface area contributed by atoms with E-state index in [9.17, 15) is 9.59 Å². The number of carbonyl (C=O) groups is 2. The molecule has 0 atom stereocenters. The molecular formula is C21H20N2O4S. The van der Waals surface area contributed by atoms with Crippen molar-refractivity contribution in [3.8, 4) is 5.75 Å². The highest BCUT2D eigenvalue weighted by molar-refractivity contribution is 7.22. The molecule has 3 aromatic rings. The van der Waals surface area contributed by atoms with Crippen LogP contribution in [0.15, 0.2) is 48.5 Å². The van der Waals surface area contributed by atoms with Crippen LogP contribution in [-0.2, 0) is 14.3 Å². The fraction of sp³-hybridized carbons (Fsp3) is 0.190. The van der Waals surface area contributed by atoms with Gasteiger partial charge in [0.15, 0.2) is 11.7 Å². The highest BCUT2D eigenvalue weighted by Gasteiger charge is 2.10. The lowest BCUT2D eigenvalue weighted by atomic mass is 10.2. The van der Waals surface area contributed by atoms with E-state index in [1.54, 1.807) is 6.08 Å². The third-order valence-corrected chi connectivity index (χ3v) is 4.69. The fourth-order valence-corrected chi connectivity index (χ4v) is 3.47. The van der Waals surface area contributed by atoms with Crippen LogP contribution in [0.2, 0.25) is 0 Å². The van der Waals surface area contributed by atoms with Crippen molar-refractivity contribution in [1.82, 2.24) is 4.98 Å². The van der Waals surface area contributed by atoms with Gasteiger partial charge < -0.3 is 9.47 Å². The molecule has 2 aromatic carbocycles. The number of benzene rings is 2. The second-order valence-electron chi connectivity index (χ2n) is 5.95. The number of fused-ring (bicyclic) bond motifs is 1. The number of aromatic nitrogens is 1. The van der Waals surface area contributed by atoms with Crippen molar-refractivity contribution >= 4 is 44.6 Å². The van der Waals surface area contributed by atoms with E-state index in [0.29, 0.717) is 17.5 Å². The first kappa shape index (κ1) is 19.6. The van der Waals surface area contributed by atoms with E-state index >= 15 is 0 Å². The van der Waals surface area contributed by atoms with Crippen LogP contribution in [0.3, 0.4) is 0 Å². The van der Waals surface area contributed by atoms with Gasteiger partial charge in [-0.05, 0) is 43.7 Å². The number of nitrogens with zero attached hydrogens (tertiary/aromatic N) is 1. The summed E-state index contributed by atoms with van der Waals surface area (Å²) in [6.07, 6.45) is 2.87. The molecule has 0 spiro atoms. The van der Waals surface area contributed by atoms with Crippen molar-refractivity contribution in [3.05, 3.63) is 59.7 Å². The molecule has 0 aliphatic heterocycles. The van der Waals surface area contributed by atoms with Crippen molar-refractivity contribution in [2.24, 2.45) is 0 Å². The maximum Gasteiger partial charge on any atom is 0.331 e. The monoisotopic (exact) mass is 396 g/mol. The smallest absolute Gasteiger partial charge is 0.331 e. The molecule has 0 fully saturated rings.